The van der Waals surface area contributed by atoms with Gasteiger partial charge in [-0.2, -0.15) is 0 Å². The molecular formula is C24H34N2O3S. The second-order valence-electron chi connectivity index (χ2n) is 9.48. The average molecular weight is 431 g/mol. The third-order valence-electron chi connectivity index (χ3n) is 4.71. The average Bonchev–Trinajstić information content (AvgIpc) is 2.64. The summed E-state index contributed by atoms with van der Waals surface area (Å²) in [5.74, 6) is -0.324. The molecule has 0 atom stereocenters. The Hall–Kier alpha value is -2.34. The summed E-state index contributed by atoms with van der Waals surface area (Å²) in [5, 5.41) is 3.03. The molecule has 0 heterocycles. The standard InChI is InChI=1S/C24H34N2O3S/c1-7-19-13-11-12-16-21(19)26(30(28,29)20-14-9-8-10-15-20)17-22(27)25-24(5,6)18-23(2,3)4/h8-16H,7,17-18H2,1-6H3,(H,25,27). The van der Waals surface area contributed by atoms with E-state index in [0.717, 1.165) is 12.0 Å². The van der Waals surface area contributed by atoms with E-state index in [1.807, 2.05) is 32.9 Å². The molecule has 0 aromatic heterocycles. The highest BCUT2D eigenvalue weighted by molar-refractivity contribution is 7.92. The number of anilines is 1. The van der Waals surface area contributed by atoms with Gasteiger partial charge in [0.1, 0.15) is 6.54 Å². The van der Waals surface area contributed by atoms with Crippen LogP contribution < -0.4 is 9.62 Å². The first-order valence-corrected chi connectivity index (χ1v) is 11.8. The number of aryl methyl sites for hydroxylation is 1. The van der Waals surface area contributed by atoms with E-state index in [0.29, 0.717) is 12.1 Å². The third-order valence-corrected chi connectivity index (χ3v) is 6.48. The molecule has 0 aliphatic heterocycles. The van der Waals surface area contributed by atoms with Crippen molar-refractivity contribution in [3.8, 4) is 0 Å². The predicted molar refractivity (Wildman–Crippen MR) is 123 cm³/mol. The van der Waals surface area contributed by atoms with Gasteiger partial charge in [0.15, 0.2) is 0 Å². The summed E-state index contributed by atoms with van der Waals surface area (Å²) >= 11 is 0. The number of amides is 1. The Kier molecular flexibility index (Phi) is 7.35. The summed E-state index contributed by atoms with van der Waals surface area (Å²) in [6.07, 6.45) is 1.43. The van der Waals surface area contributed by atoms with Gasteiger partial charge in [0.25, 0.3) is 10.0 Å². The monoisotopic (exact) mass is 430 g/mol. The Bertz CT molecular complexity index is 961. The highest BCUT2D eigenvalue weighted by atomic mass is 32.2. The molecule has 6 heteroatoms. The topological polar surface area (TPSA) is 66.5 Å². The zero-order chi connectivity index (χ0) is 22.6. The maximum absolute atomic E-state index is 13.5. The van der Waals surface area contributed by atoms with Crippen LogP contribution in [-0.4, -0.2) is 26.4 Å². The van der Waals surface area contributed by atoms with Gasteiger partial charge in [-0.3, -0.25) is 9.10 Å². The molecule has 0 saturated carbocycles. The minimum absolute atomic E-state index is 0.0292. The van der Waals surface area contributed by atoms with Gasteiger partial charge < -0.3 is 5.32 Å². The van der Waals surface area contributed by atoms with Gasteiger partial charge in [0, 0.05) is 5.54 Å². The van der Waals surface area contributed by atoms with Crippen molar-refractivity contribution in [2.75, 3.05) is 10.8 Å². The SMILES string of the molecule is CCc1ccccc1N(CC(=O)NC(C)(C)CC(C)(C)C)S(=O)(=O)c1ccccc1. The quantitative estimate of drug-likeness (QED) is 0.656. The normalized spacial score (nSPS) is 12.5. The van der Waals surface area contributed by atoms with Crippen molar-refractivity contribution in [3.63, 3.8) is 0 Å². The molecule has 0 aliphatic rings. The molecule has 0 bridgehead atoms. The summed E-state index contributed by atoms with van der Waals surface area (Å²) in [4.78, 5) is 13.2. The van der Waals surface area contributed by atoms with Gasteiger partial charge in [-0.1, -0.05) is 64.1 Å². The number of hydrogen-bond acceptors (Lipinski definition) is 3. The number of rotatable bonds is 8. The molecule has 0 radical (unpaired) electrons. The van der Waals surface area contributed by atoms with Crippen LogP contribution in [0.15, 0.2) is 59.5 Å². The molecular weight excluding hydrogens is 396 g/mol. The van der Waals surface area contributed by atoms with Gasteiger partial charge in [-0.05, 0) is 55.9 Å². The first-order valence-electron chi connectivity index (χ1n) is 10.3. The largest absolute Gasteiger partial charge is 0.350 e. The molecule has 0 aliphatic carbocycles. The van der Waals surface area contributed by atoms with E-state index < -0.39 is 15.6 Å². The highest BCUT2D eigenvalue weighted by Crippen LogP contribution is 2.29. The van der Waals surface area contributed by atoms with Crippen LogP contribution in [0.3, 0.4) is 0 Å². The van der Waals surface area contributed by atoms with Gasteiger partial charge in [-0.25, -0.2) is 8.42 Å². The lowest BCUT2D eigenvalue weighted by molar-refractivity contribution is -0.121. The van der Waals surface area contributed by atoms with Crippen LogP contribution in [0.1, 0.15) is 53.5 Å². The third kappa shape index (κ3) is 6.33. The van der Waals surface area contributed by atoms with Gasteiger partial charge >= 0.3 is 0 Å². The van der Waals surface area contributed by atoms with Crippen molar-refractivity contribution >= 4 is 21.6 Å². The second-order valence-corrected chi connectivity index (χ2v) is 11.3. The van der Waals surface area contributed by atoms with Crippen LogP contribution in [0.2, 0.25) is 0 Å². The number of sulfonamides is 1. The zero-order valence-electron chi connectivity index (χ0n) is 18.9. The van der Waals surface area contributed by atoms with Crippen LogP contribution in [0.25, 0.3) is 0 Å². The van der Waals surface area contributed by atoms with Gasteiger partial charge in [0.2, 0.25) is 5.91 Å². The Morgan fingerprint density at radius 1 is 0.933 bits per heavy atom. The maximum atomic E-state index is 13.5. The molecule has 0 saturated heterocycles. The van der Waals surface area contributed by atoms with Crippen molar-refractivity contribution in [2.24, 2.45) is 5.41 Å². The summed E-state index contributed by atoms with van der Waals surface area (Å²) in [6, 6.07) is 15.6. The Morgan fingerprint density at radius 3 is 2.07 bits per heavy atom. The van der Waals surface area contributed by atoms with Gasteiger partial charge in [0.05, 0.1) is 10.6 Å². The molecule has 0 fully saturated rings. The fourth-order valence-corrected chi connectivity index (χ4v) is 5.47. The zero-order valence-corrected chi connectivity index (χ0v) is 19.7. The summed E-state index contributed by atoms with van der Waals surface area (Å²) in [5.41, 5.74) is 0.981. The van der Waals surface area contributed by atoms with E-state index in [2.05, 4.69) is 26.1 Å². The fourth-order valence-electron chi connectivity index (χ4n) is 3.99. The maximum Gasteiger partial charge on any atom is 0.264 e. The number of nitrogens with zero attached hydrogens (tertiary/aromatic N) is 1. The van der Waals surface area contributed by atoms with Crippen LogP contribution in [0, 0.1) is 5.41 Å². The van der Waals surface area contributed by atoms with Crippen LogP contribution >= 0.6 is 0 Å². The Labute approximate surface area is 181 Å². The molecule has 2 rings (SSSR count). The Balaban J connectivity index is 2.41. The lowest BCUT2D eigenvalue weighted by Crippen LogP contribution is -2.50. The van der Waals surface area contributed by atoms with Crippen molar-refractivity contribution < 1.29 is 13.2 Å². The van der Waals surface area contributed by atoms with Crippen molar-refractivity contribution in [1.82, 2.24) is 5.32 Å². The van der Waals surface area contributed by atoms with Crippen molar-refractivity contribution in [3.05, 3.63) is 60.2 Å². The van der Waals surface area contributed by atoms with Crippen LogP contribution in [0.4, 0.5) is 5.69 Å². The molecule has 2 aromatic carbocycles. The lowest BCUT2D eigenvalue weighted by Gasteiger charge is -2.34. The molecule has 2 aromatic rings. The summed E-state index contributed by atoms with van der Waals surface area (Å²) < 4.78 is 28.2. The lowest BCUT2D eigenvalue weighted by atomic mass is 9.82. The molecule has 0 unspecified atom stereocenters. The first-order chi connectivity index (χ1) is 13.9. The van der Waals surface area contributed by atoms with Crippen molar-refractivity contribution in [2.45, 2.75) is 64.8 Å². The molecule has 5 nitrogen and oxygen atoms in total. The second kappa shape index (κ2) is 9.21. The highest BCUT2D eigenvalue weighted by Gasteiger charge is 2.31. The molecule has 30 heavy (non-hydrogen) atoms. The van der Waals surface area contributed by atoms with Crippen molar-refractivity contribution in [1.29, 1.82) is 0 Å². The van der Waals surface area contributed by atoms with E-state index in [9.17, 15) is 13.2 Å². The minimum atomic E-state index is -3.90. The first kappa shape index (κ1) is 23.9. The smallest absolute Gasteiger partial charge is 0.264 e. The summed E-state index contributed by atoms with van der Waals surface area (Å²) in [7, 11) is -3.90. The van der Waals surface area contributed by atoms with E-state index in [4.69, 9.17) is 0 Å². The molecule has 164 valence electrons. The van der Waals surface area contributed by atoms with Gasteiger partial charge in [-0.15, -0.1) is 0 Å². The number of carbonyl (C=O) groups excluding carboxylic acids is 1. The number of hydrogen-bond donors (Lipinski definition) is 1. The number of para-hydroxylation sites is 1. The molecule has 1 amide bonds. The van der Waals surface area contributed by atoms with E-state index in [-0.39, 0.29) is 22.8 Å². The number of carbonyl (C=O) groups is 1. The number of benzene rings is 2. The van der Waals surface area contributed by atoms with Crippen LogP contribution in [-0.2, 0) is 21.2 Å². The number of nitrogens with one attached hydrogen (secondary N) is 1. The van der Waals surface area contributed by atoms with E-state index >= 15 is 0 Å². The van der Waals surface area contributed by atoms with Crippen LogP contribution in [0.5, 0.6) is 0 Å². The summed E-state index contributed by atoms with van der Waals surface area (Å²) in [6.45, 7) is 12.0. The van der Waals surface area contributed by atoms with E-state index in [1.54, 1.807) is 42.5 Å². The fraction of sp³-hybridized carbons (Fsp3) is 0.458. The minimum Gasteiger partial charge on any atom is -0.350 e. The molecule has 0 spiro atoms. The molecule has 1 N–H and O–H groups in total. The predicted octanol–water partition coefficient (Wildman–Crippen LogP) is 4.78. The van der Waals surface area contributed by atoms with E-state index in [1.165, 1.54) is 4.31 Å². The Morgan fingerprint density at radius 2 is 1.50 bits per heavy atom.